The summed E-state index contributed by atoms with van der Waals surface area (Å²) in [6, 6.07) is 11.0. The largest absolute Gasteiger partial charge is 0.508 e. The molecule has 0 spiro atoms. The molecule has 0 aliphatic carbocycles. The summed E-state index contributed by atoms with van der Waals surface area (Å²) in [5.41, 5.74) is 2.07. The van der Waals surface area contributed by atoms with Gasteiger partial charge in [0.15, 0.2) is 5.78 Å². The van der Waals surface area contributed by atoms with Crippen LogP contribution in [0.3, 0.4) is 0 Å². The van der Waals surface area contributed by atoms with Crippen LogP contribution in [0.15, 0.2) is 36.4 Å². The third-order valence-electron chi connectivity index (χ3n) is 4.69. The van der Waals surface area contributed by atoms with Crippen molar-refractivity contribution in [1.29, 1.82) is 0 Å². The van der Waals surface area contributed by atoms with E-state index in [9.17, 15) is 9.90 Å². The van der Waals surface area contributed by atoms with Gasteiger partial charge in [0.2, 0.25) is 0 Å². The van der Waals surface area contributed by atoms with Gasteiger partial charge in [-0.05, 0) is 62.9 Å². The van der Waals surface area contributed by atoms with Crippen molar-refractivity contribution < 1.29 is 19.4 Å². The monoisotopic (exact) mass is 340 g/mol. The smallest absolute Gasteiger partial charge is 0.166 e. The number of rotatable bonds is 5. The van der Waals surface area contributed by atoms with Gasteiger partial charge >= 0.3 is 0 Å². The van der Waals surface area contributed by atoms with Crippen LogP contribution in [0.1, 0.15) is 48.2 Å². The molecule has 0 fully saturated rings. The fourth-order valence-corrected chi connectivity index (χ4v) is 3.13. The Balaban J connectivity index is 1.78. The van der Waals surface area contributed by atoms with Crippen molar-refractivity contribution >= 4 is 5.78 Å². The predicted octanol–water partition coefficient (Wildman–Crippen LogP) is 4.32. The second kappa shape index (κ2) is 6.79. The SMILES string of the molecule is COc1ccc(CCC(=O)c2ccc(O)c3c2OC(C)(C)CC3)cc1. The van der Waals surface area contributed by atoms with Gasteiger partial charge in [-0.1, -0.05) is 12.1 Å². The summed E-state index contributed by atoms with van der Waals surface area (Å²) >= 11 is 0. The first kappa shape index (κ1) is 17.3. The molecular weight excluding hydrogens is 316 g/mol. The summed E-state index contributed by atoms with van der Waals surface area (Å²) in [6.45, 7) is 4.01. The van der Waals surface area contributed by atoms with Crippen LogP contribution in [0, 0.1) is 0 Å². The highest BCUT2D eigenvalue weighted by molar-refractivity contribution is 5.99. The van der Waals surface area contributed by atoms with Gasteiger partial charge in [0.1, 0.15) is 22.8 Å². The predicted molar refractivity (Wildman–Crippen MR) is 96.8 cm³/mol. The van der Waals surface area contributed by atoms with Gasteiger partial charge in [-0.25, -0.2) is 0 Å². The summed E-state index contributed by atoms with van der Waals surface area (Å²) in [5, 5.41) is 10.1. The molecule has 1 aliphatic heterocycles. The molecule has 0 saturated carbocycles. The van der Waals surface area contributed by atoms with Crippen molar-refractivity contribution in [2.45, 2.75) is 45.1 Å². The van der Waals surface area contributed by atoms with E-state index in [0.717, 1.165) is 23.3 Å². The van der Waals surface area contributed by atoms with E-state index in [1.54, 1.807) is 19.2 Å². The quantitative estimate of drug-likeness (QED) is 0.824. The van der Waals surface area contributed by atoms with E-state index >= 15 is 0 Å². The molecule has 0 radical (unpaired) electrons. The Kier molecular flexibility index (Phi) is 4.71. The van der Waals surface area contributed by atoms with E-state index in [4.69, 9.17) is 9.47 Å². The molecule has 132 valence electrons. The summed E-state index contributed by atoms with van der Waals surface area (Å²) < 4.78 is 11.2. The van der Waals surface area contributed by atoms with Gasteiger partial charge in [0.25, 0.3) is 0 Å². The standard InChI is InChI=1S/C21H24O4/c1-21(2)13-12-17-19(23)11-9-16(20(17)25-21)18(22)10-6-14-4-7-15(24-3)8-5-14/h4-5,7-9,11,23H,6,10,12-13H2,1-3H3. The van der Waals surface area contributed by atoms with Crippen LogP contribution in [0.4, 0.5) is 0 Å². The van der Waals surface area contributed by atoms with Crippen molar-refractivity contribution in [2.24, 2.45) is 0 Å². The fourth-order valence-electron chi connectivity index (χ4n) is 3.13. The highest BCUT2D eigenvalue weighted by Gasteiger charge is 2.31. The number of benzene rings is 2. The molecule has 4 nitrogen and oxygen atoms in total. The average Bonchev–Trinajstić information content (AvgIpc) is 2.59. The molecule has 1 aliphatic rings. The number of carbonyl (C=O) groups is 1. The van der Waals surface area contributed by atoms with Crippen molar-refractivity contribution in [3.8, 4) is 17.2 Å². The molecule has 3 rings (SSSR count). The average molecular weight is 340 g/mol. The second-order valence-electron chi connectivity index (χ2n) is 7.07. The Hall–Kier alpha value is -2.49. The van der Waals surface area contributed by atoms with Crippen LogP contribution >= 0.6 is 0 Å². The van der Waals surface area contributed by atoms with Crippen LogP contribution < -0.4 is 9.47 Å². The van der Waals surface area contributed by atoms with E-state index in [2.05, 4.69) is 0 Å². The zero-order chi connectivity index (χ0) is 18.0. The summed E-state index contributed by atoms with van der Waals surface area (Å²) in [6.07, 6.45) is 2.58. The number of aromatic hydroxyl groups is 1. The molecule has 2 aromatic carbocycles. The van der Waals surface area contributed by atoms with E-state index < -0.39 is 0 Å². The molecule has 2 aromatic rings. The zero-order valence-corrected chi connectivity index (χ0v) is 15.0. The molecule has 1 N–H and O–H groups in total. The van der Waals surface area contributed by atoms with E-state index in [1.807, 2.05) is 38.1 Å². The lowest BCUT2D eigenvalue weighted by Gasteiger charge is -2.34. The molecule has 0 bridgehead atoms. The van der Waals surface area contributed by atoms with Gasteiger partial charge < -0.3 is 14.6 Å². The first-order chi connectivity index (χ1) is 11.9. The number of hydrogen-bond acceptors (Lipinski definition) is 4. The molecule has 0 aromatic heterocycles. The fraction of sp³-hybridized carbons (Fsp3) is 0.381. The Bertz CT molecular complexity index is 775. The van der Waals surface area contributed by atoms with E-state index in [-0.39, 0.29) is 17.1 Å². The Morgan fingerprint density at radius 3 is 2.60 bits per heavy atom. The maximum absolute atomic E-state index is 12.7. The van der Waals surface area contributed by atoms with Gasteiger partial charge in [0, 0.05) is 12.0 Å². The molecule has 0 saturated heterocycles. The molecule has 0 atom stereocenters. The lowest BCUT2D eigenvalue weighted by molar-refractivity contribution is 0.0795. The molecule has 25 heavy (non-hydrogen) atoms. The number of carbonyl (C=O) groups excluding carboxylic acids is 1. The molecule has 0 unspecified atom stereocenters. The normalized spacial score (nSPS) is 15.2. The van der Waals surface area contributed by atoms with Crippen molar-refractivity contribution in [2.75, 3.05) is 7.11 Å². The number of hydrogen-bond donors (Lipinski definition) is 1. The van der Waals surface area contributed by atoms with Gasteiger partial charge in [-0.15, -0.1) is 0 Å². The molecule has 0 amide bonds. The molecular formula is C21H24O4. The number of aryl methyl sites for hydroxylation is 1. The Labute approximate surface area is 148 Å². The number of methoxy groups -OCH3 is 1. The van der Waals surface area contributed by atoms with Crippen molar-refractivity contribution in [3.05, 3.63) is 53.1 Å². The third kappa shape index (κ3) is 3.78. The zero-order valence-electron chi connectivity index (χ0n) is 15.0. The van der Waals surface area contributed by atoms with Crippen molar-refractivity contribution in [3.63, 3.8) is 0 Å². The number of phenols is 1. The molecule has 1 heterocycles. The Morgan fingerprint density at radius 1 is 1.20 bits per heavy atom. The number of phenolic OH excluding ortho intramolecular Hbond substituents is 1. The highest BCUT2D eigenvalue weighted by Crippen LogP contribution is 2.40. The van der Waals surface area contributed by atoms with Gasteiger partial charge in [-0.2, -0.15) is 0 Å². The third-order valence-corrected chi connectivity index (χ3v) is 4.69. The minimum Gasteiger partial charge on any atom is -0.508 e. The van der Waals surface area contributed by atoms with E-state index in [0.29, 0.717) is 30.6 Å². The second-order valence-corrected chi connectivity index (χ2v) is 7.07. The van der Waals surface area contributed by atoms with E-state index in [1.165, 1.54) is 0 Å². The minimum atomic E-state index is -0.328. The Morgan fingerprint density at radius 2 is 1.92 bits per heavy atom. The number of ether oxygens (including phenoxy) is 2. The first-order valence-electron chi connectivity index (χ1n) is 8.59. The van der Waals surface area contributed by atoms with Crippen molar-refractivity contribution in [1.82, 2.24) is 0 Å². The summed E-state index contributed by atoms with van der Waals surface area (Å²) in [5.74, 6) is 1.59. The lowest BCUT2D eigenvalue weighted by atomic mass is 9.90. The maximum Gasteiger partial charge on any atom is 0.166 e. The number of fused-ring (bicyclic) bond motifs is 1. The van der Waals surface area contributed by atoms with Gasteiger partial charge in [0.05, 0.1) is 12.7 Å². The first-order valence-corrected chi connectivity index (χ1v) is 8.59. The minimum absolute atomic E-state index is 0.0322. The summed E-state index contributed by atoms with van der Waals surface area (Å²) in [7, 11) is 1.63. The number of Topliss-reactive ketones (excluding diaryl/α,β-unsaturated/α-hetero) is 1. The highest BCUT2D eigenvalue weighted by atomic mass is 16.5. The summed E-state index contributed by atoms with van der Waals surface area (Å²) in [4.78, 5) is 12.7. The lowest BCUT2D eigenvalue weighted by Crippen LogP contribution is -2.33. The molecule has 4 heteroatoms. The van der Waals surface area contributed by atoms with Gasteiger partial charge in [-0.3, -0.25) is 4.79 Å². The van der Waals surface area contributed by atoms with Crippen LogP contribution in [0.25, 0.3) is 0 Å². The van der Waals surface area contributed by atoms with Crippen LogP contribution in [0.5, 0.6) is 17.2 Å². The van der Waals surface area contributed by atoms with Crippen LogP contribution in [-0.4, -0.2) is 23.6 Å². The maximum atomic E-state index is 12.7. The number of ketones is 1. The topological polar surface area (TPSA) is 55.8 Å². The van der Waals surface area contributed by atoms with Crippen LogP contribution in [0.2, 0.25) is 0 Å². The van der Waals surface area contributed by atoms with Crippen LogP contribution in [-0.2, 0) is 12.8 Å².